The molecular formula is C20H22N3O5PS. The van der Waals surface area contributed by atoms with E-state index in [1.54, 1.807) is 38.1 Å². The molecule has 0 fully saturated rings. The van der Waals surface area contributed by atoms with Crippen molar-refractivity contribution in [1.82, 2.24) is 0 Å². The molecule has 1 heterocycles. The molecular weight excluding hydrogens is 425 g/mol. The fraction of sp³-hybridized carbons (Fsp3) is 0.250. The van der Waals surface area contributed by atoms with Gasteiger partial charge in [-0.3, -0.25) is 13.8 Å². The molecule has 10 heteroatoms. The summed E-state index contributed by atoms with van der Waals surface area (Å²) in [7, 11) is 0. The van der Waals surface area contributed by atoms with E-state index < -0.39 is 6.72 Å². The number of ether oxygens (including phenoxy) is 1. The van der Waals surface area contributed by atoms with Gasteiger partial charge in [0, 0.05) is 17.4 Å². The van der Waals surface area contributed by atoms with E-state index in [0.717, 1.165) is 0 Å². The monoisotopic (exact) mass is 447 g/mol. The van der Waals surface area contributed by atoms with Gasteiger partial charge in [0.15, 0.2) is 12.3 Å². The van der Waals surface area contributed by atoms with Crippen molar-refractivity contribution in [2.75, 3.05) is 25.1 Å². The van der Waals surface area contributed by atoms with Crippen LogP contribution in [0.5, 0.6) is 5.75 Å². The number of fused-ring (bicyclic) bond motifs is 1. The lowest BCUT2D eigenvalue weighted by Crippen LogP contribution is -2.17. The Balaban J connectivity index is 1.88. The second-order valence-electron chi connectivity index (χ2n) is 5.92. The van der Waals surface area contributed by atoms with E-state index in [0.29, 0.717) is 30.2 Å². The van der Waals surface area contributed by atoms with Crippen molar-refractivity contribution in [2.24, 2.45) is 10.2 Å². The predicted octanol–water partition coefficient (Wildman–Crippen LogP) is 4.13. The van der Waals surface area contributed by atoms with Crippen LogP contribution in [0.3, 0.4) is 0 Å². The van der Waals surface area contributed by atoms with E-state index >= 15 is 0 Å². The van der Waals surface area contributed by atoms with E-state index in [4.69, 9.17) is 30.1 Å². The molecule has 0 aromatic heterocycles. The van der Waals surface area contributed by atoms with Gasteiger partial charge in [-0.2, -0.15) is 0 Å². The van der Waals surface area contributed by atoms with Gasteiger partial charge in [0.1, 0.15) is 5.75 Å². The average molecular weight is 447 g/mol. The minimum atomic E-state index is -3.09. The molecule has 1 aliphatic heterocycles. The Labute approximate surface area is 180 Å². The third-order valence-electron chi connectivity index (χ3n) is 3.80. The SMILES string of the molecule is CCOP(=S)(OCC)O/C(COc1ccccc1)=N\N=C1/C(=O)Nc2ccccc21. The van der Waals surface area contributed by atoms with Crippen molar-refractivity contribution in [2.45, 2.75) is 13.8 Å². The van der Waals surface area contributed by atoms with Gasteiger partial charge in [0.2, 0.25) is 0 Å². The highest BCUT2D eigenvalue weighted by atomic mass is 32.5. The molecule has 0 spiro atoms. The summed E-state index contributed by atoms with van der Waals surface area (Å²) < 4.78 is 22.5. The number of para-hydroxylation sites is 2. The highest BCUT2D eigenvalue weighted by Crippen LogP contribution is 2.50. The second-order valence-corrected chi connectivity index (χ2v) is 8.85. The van der Waals surface area contributed by atoms with Gasteiger partial charge in [-0.1, -0.05) is 36.4 Å². The van der Waals surface area contributed by atoms with E-state index in [-0.39, 0.29) is 24.1 Å². The van der Waals surface area contributed by atoms with Crippen LogP contribution in [0.25, 0.3) is 0 Å². The zero-order valence-corrected chi connectivity index (χ0v) is 18.3. The first-order valence-electron chi connectivity index (χ1n) is 9.36. The van der Waals surface area contributed by atoms with Gasteiger partial charge in [0.25, 0.3) is 11.8 Å². The van der Waals surface area contributed by atoms with Crippen LogP contribution in [-0.4, -0.2) is 37.3 Å². The number of carbonyl (C=O) groups excluding carboxylic acids is 1. The maximum absolute atomic E-state index is 12.3. The highest BCUT2D eigenvalue weighted by Gasteiger charge is 2.27. The number of nitrogens with one attached hydrogen (secondary N) is 1. The minimum Gasteiger partial charge on any atom is -0.484 e. The average Bonchev–Trinajstić information content (AvgIpc) is 3.06. The number of carbonyl (C=O) groups is 1. The van der Waals surface area contributed by atoms with Crippen LogP contribution in [-0.2, 0) is 30.2 Å². The molecule has 0 radical (unpaired) electrons. The standard InChI is InChI=1S/C20H22N3O5PS/c1-3-26-29(30,27-4-2)28-18(14-25-15-10-6-5-7-11-15)22-23-19-16-12-8-9-13-17(16)21-20(19)24/h5-13H,3-4,14H2,1-2H3,(H,21,23,24)/b22-18-. The Morgan fingerprint density at radius 3 is 2.40 bits per heavy atom. The molecule has 0 atom stereocenters. The fourth-order valence-electron chi connectivity index (χ4n) is 2.58. The normalized spacial score (nSPS) is 15.1. The van der Waals surface area contributed by atoms with Crippen molar-refractivity contribution >= 4 is 41.7 Å². The van der Waals surface area contributed by atoms with Crippen molar-refractivity contribution in [3.05, 3.63) is 60.2 Å². The molecule has 1 aliphatic rings. The smallest absolute Gasteiger partial charge is 0.381 e. The Morgan fingerprint density at radius 2 is 1.70 bits per heavy atom. The van der Waals surface area contributed by atoms with Crippen LogP contribution >= 0.6 is 6.72 Å². The van der Waals surface area contributed by atoms with Crippen molar-refractivity contribution < 1.29 is 23.1 Å². The van der Waals surface area contributed by atoms with Crippen LogP contribution in [0.2, 0.25) is 0 Å². The largest absolute Gasteiger partial charge is 0.484 e. The lowest BCUT2D eigenvalue weighted by Gasteiger charge is -2.21. The number of anilines is 1. The predicted molar refractivity (Wildman–Crippen MR) is 120 cm³/mol. The molecule has 3 rings (SSSR count). The van der Waals surface area contributed by atoms with E-state index in [1.807, 2.05) is 30.3 Å². The van der Waals surface area contributed by atoms with E-state index in [1.165, 1.54) is 0 Å². The quantitative estimate of drug-likeness (QED) is 0.269. The Kier molecular flexibility index (Phi) is 7.70. The number of amides is 1. The fourth-order valence-corrected chi connectivity index (χ4v) is 4.63. The summed E-state index contributed by atoms with van der Waals surface area (Å²) in [5.74, 6) is 0.317. The van der Waals surface area contributed by atoms with Crippen LogP contribution in [0.4, 0.5) is 5.69 Å². The summed E-state index contributed by atoms with van der Waals surface area (Å²) >= 11 is 5.42. The Bertz CT molecular complexity index is 987. The van der Waals surface area contributed by atoms with Crippen LogP contribution in [0.1, 0.15) is 19.4 Å². The first-order chi connectivity index (χ1) is 14.5. The zero-order valence-electron chi connectivity index (χ0n) is 16.6. The summed E-state index contributed by atoms with van der Waals surface area (Å²) in [6, 6.07) is 16.4. The molecule has 0 saturated heterocycles. The number of benzene rings is 2. The molecule has 158 valence electrons. The molecule has 1 N–H and O–H groups in total. The number of nitrogens with zero attached hydrogens (tertiary/aromatic N) is 2. The summed E-state index contributed by atoms with van der Waals surface area (Å²) in [4.78, 5) is 12.3. The summed E-state index contributed by atoms with van der Waals surface area (Å²) in [5, 5.41) is 11.0. The molecule has 8 nitrogen and oxygen atoms in total. The summed E-state index contributed by atoms with van der Waals surface area (Å²) in [6.07, 6.45) is 0. The minimum absolute atomic E-state index is 0.0498. The topological polar surface area (TPSA) is 90.7 Å². The first kappa shape index (κ1) is 22.1. The molecule has 0 bridgehead atoms. The van der Waals surface area contributed by atoms with Gasteiger partial charge in [0.05, 0.1) is 18.9 Å². The lowest BCUT2D eigenvalue weighted by molar-refractivity contribution is -0.110. The van der Waals surface area contributed by atoms with Crippen molar-refractivity contribution in [3.8, 4) is 5.75 Å². The summed E-state index contributed by atoms with van der Waals surface area (Å²) in [5.41, 5.74) is 1.50. The van der Waals surface area contributed by atoms with Crippen LogP contribution < -0.4 is 10.1 Å². The third kappa shape index (κ3) is 5.73. The highest BCUT2D eigenvalue weighted by molar-refractivity contribution is 8.07. The Hall–Kier alpha value is -2.58. The van der Waals surface area contributed by atoms with E-state index in [9.17, 15) is 4.79 Å². The molecule has 2 aromatic rings. The molecule has 0 saturated carbocycles. The molecule has 0 unspecified atom stereocenters. The Morgan fingerprint density at radius 1 is 1.03 bits per heavy atom. The molecule has 2 aromatic carbocycles. The molecule has 30 heavy (non-hydrogen) atoms. The van der Waals surface area contributed by atoms with Gasteiger partial charge in [-0.25, -0.2) is 0 Å². The van der Waals surface area contributed by atoms with Crippen molar-refractivity contribution in [1.29, 1.82) is 0 Å². The molecule has 1 amide bonds. The van der Waals surface area contributed by atoms with Gasteiger partial charge in [-0.15, -0.1) is 10.2 Å². The van der Waals surface area contributed by atoms with Gasteiger partial charge in [-0.05, 0) is 32.0 Å². The summed E-state index contributed by atoms with van der Waals surface area (Å²) in [6.45, 7) is 1.06. The second kappa shape index (κ2) is 10.4. The molecule has 0 aliphatic carbocycles. The van der Waals surface area contributed by atoms with Crippen LogP contribution in [0, 0.1) is 0 Å². The van der Waals surface area contributed by atoms with Crippen molar-refractivity contribution in [3.63, 3.8) is 0 Å². The third-order valence-corrected chi connectivity index (χ3v) is 6.24. The van der Waals surface area contributed by atoms with Gasteiger partial charge >= 0.3 is 6.72 Å². The number of hydrogen-bond acceptors (Lipinski definition) is 8. The van der Waals surface area contributed by atoms with Gasteiger partial charge < -0.3 is 14.6 Å². The van der Waals surface area contributed by atoms with E-state index in [2.05, 4.69) is 15.5 Å². The van der Waals surface area contributed by atoms with Crippen LogP contribution in [0.15, 0.2) is 64.8 Å². The number of rotatable bonds is 9. The first-order valence-corrected chi connectivity index (χ1v) is 11.9. The zero-order chi connectivity index (χ0) is 21.4. The maximum atomic E-state index is 12.3. The number of hydrogen-bond donors (Lipinski definition) is 1. The maximum Gasteiger partial charge on any atom is 0.381 e. The lowest BCUT2D eigenvalue weighted by atomic mass is 10.1.